The summed E-state index contributed by atoms with van der Waals surface area (Å²) in [5.74, 6) is 0.819. The smallest absolute Gasteiger partial charge is 0.123 e. The fraction of sp³-hybridized carbons (Fsp3) is 0.455. The van der Waals surface area contributed by atoms with Crippen LogP contribution in [-0.2, 0) is 6.54 Å². The Kier molecular flexibility index (Phi) is 12.3. The van der Waals surface area contributed by atoms with Crippen molar-refractivity contribution >= 4 is 36.4 Å². The molecule has 6 heteroatoms. The third-order valence-electron chi connectivity index (χ3n) is 2.03. The molecule has 1 aromatic carbocycles. The molecule has 1 rings (SSSR count). The highest BCUT2D eigenvalue weighted by atomic mass is 35.5. The first-order valence-corrected chi connectivity index (χ1v) is 5.47. The maximum atomic E-state index is 5.86. The lowest BCUT2D eigenvalue weighted by atomic mass is 10.2. The van der Waals surface area contributed by atoms with Gasteiger partial charge in [0.05, 0.1) is 0 Å². The minimum Gasteiger partial charge on any atom is -0.492 e. The van der Waals surface area contributed by atoms with E-state index in [9.17, 15) is 0 Å². The second-order valence-corrected chi connectivity index (χ2v) is 3.59. The Bertz CT molecular complexity index is 311. The van der Waals surface area contributed by atoms with Crippen molar-refractivity contribution in [2.75, 3.05) is 19.7 Å². The number of benzene rings is 1. The summed E-state index contributed by atoms with van der Waals surface area (Å²) < 4.78 is 5.58. The third-order valence-corrected chi connectivity index (χ3v) is 2.26. The summed E-state index contributed by atoms with van der Waals surface area (Å²) in [7, 11) is 0. The van der Waals surface area contributed by atoms with E-state index in [1.807, 2.05) is 18.2 Å². The Morgan fingerprint density at radius 2 is 2.06 bits per heavy atom. The molecular formula is C11H19Cl3N2O. The molecule has 0 bridgehead atoms. The topological polar surface area (TPSA) is 47.3 Å². The van der Waals surface area contributed by atoms with Crippen LogP contribution in [0.3, 0.4) is 0 Å². The number of likely N-dealkylation sites (N-methyl/N-ethyl adjacent to an activating group) is 1. The number of ether oxygens (including phenoxy) is 1. The van der Waals surface area contributed by atoms with Gasteiger partial charge in [0.2, 0.25) is 0 Å². The molecule has 0 radical (unpaired) electrons. The van der Waals surface area contributed by atoms with Crippen LogP contribution in [0.25, 0.3) is 0 Å². The first-order valence-electron chi connectivity index (χ1n) is 5.10. The summed E-state index contributed by atoms with van der Waals surface area (Å²) in [6, 6.07) is 5.50. The molecule has 3 N–H and O–H groups in total. The minimum absolute atomic E-state index is 0. The molecule has 3 nitrogen and oxygen atoms in total. The van der Waals surface area contributed by atoms with Gasteiger partial charge in [-0.25, -0.2) is 0 Å². The van der Waals surface area contributed by atoms with E-state index in [1.54, 1.807) is 0 Å². The number of rotatable bonds is 6. The molecule has 0 aliphatic rings. The van der Waals surface area contributed by atoms with Crippen molar-refractivity contribution in [3.05, 3.63) is 28.8 Å². The molecule has 0 aliphatic heterocycles. The molecule has 0 unspecified atom stereocenters. The monoisotopic (exact) mass is 300 g/mol. The highest BCUT2D eigenvalue weighted by Crippen LogP contribution is 2.22. The summed E-state index contributed by atoms with van der Waals surface area (Å²) in [5.41, 5.74) is 6.54. The van der Waals surface area contributed by atoms with Crippen molar-refractivity contribution in [2.45, 2.75) is 13.5 Å². The van der Waals surface area contributed by atoms with Crippen molar-refractivity contribution in [1.82, 2.24) is 5.32 Å². The van der Waals surface area contributed by atoms with Crippen molar-refractivity contribution in [2.24, 2.45) is 5.73 Å². The zero-order chi connectivity index (χ0) is 11.1. The molecule has 0 saturated carbocycles. The van der Waals surface area contributed by atoms with E-state index in [0.29, 0.717) is 18.2 Å². The van der Waals surface area contributed by atoms with Gasteiger partial charge in [-0.05, 0) is 24.7 Å². The van der Waals surface area contributed by atoms with Gasteiger partial charge in [0, 0.05) is 23.7 Å². The quantitative estimate of drug-likeness (QED) is 0.794. The maximum absolute atomic E-state index is 5.86. The van der Waals surface area contributed by atoms with E-state index in [0.717, 1.165) is 24.4 Å². The molecule has 0 heterocycles. The second kappa shape index (κ2) is 10.9. The highest BCUT2D eigenvalue weighted by Gasteiger charge is 2.02. The van der Waals surface area contributed by atoms with Gasteiger partial charge < -0.3 is 15.8 Å². The zero-order valence-corrected chi connectivity index (χ0v) is 12.1. The van der Waals surface area contributed by atoms with Crippen LogP contribution in [0.1, 0.15) is 12.5 Å². The lowest BCUT2D eigenvalue weighted by molar-refractivity contribution is 0.312. The number of nitrogens with two attached hydrogens (primary N) is 1. The van der Waals surface area contributed by atoms with Gasteiger partial charge in [0.1, 0.15) is 12.4 Å². The fourth-order valence-corrected chi connectivity index (χ4v) is 1.45. The van der Waals surface area contributed by atoms with Gasteiger partial charge in [-0.15, -0.1) is 24.8 Å². The van der Waals surface area contributed by atoms with Gasteiger partial charge in [0.25, 0.3) is 0 Å². The highest BCUT2D eigenvalue weighted by molar-refractivity contribution is 6.30. The Balaban J connectivity index is 0. The van der Waals surface area contributed by atoms with Crippen LogP contribution >= 0.6 is 36.4 Å². The second-order valence-electron chi connectivity index (χ2n) is 3.16. The van der Waals surface area contributed by atoms with Gasteiger partial charge >= 0.3 is 0 Å². The number of hydrogen-bond donors (Lipinski definition) is 2. The van der Waals surface area contributed by atoms with Gasteiger partial charge in [-0.3, -0.25) is 0 Å². The van der Waals surface area contributed by atoms with E-state index in [4.69, 9.17) is 22.1 Å². The predicted molar refractivity (Wildman–Crippen MR) is 77.9 cm³/mol. The average Bonchev–Trinajstić information content (AvgIpc) is 2.26. The van der Waals surface area contributed by atoms with Gasteiger partial charge in [-0.2, -0.15) is 0 Å². The Hall–Kier alpha value is -0.190. The van der Waals surface area contributed by atoms with E-state index in [-0.39, 0.29) is 24.8 Å². The van der Waals surface area contributed by atoms with Crippen LogP contribution in [0.15, 0.2) is 18.2 Å². The number of nitrogens with one attached hydrogen (secondary N) is 1. The predicted octanol–water partition coefficient (Wildman–Crippen LogP) is 2.63. The SMILES string of the molecule is CCNCCOc1ccc(Cl)cc1CN.Cl.Cl. The Morgan fingerprint density at radius 3 is 2.65 bits per heavy atom. The average molecular weight is 302 g/mol. The molecule has 100 valence electrons. The molecule has 0 amide bonds. The van der Waals surface area contributed by atoms with Crippen LogP contribution in [0.4, 0.5) is 0 Å². The molecule has 0 fully saturated rings. The molecule has 0 saturated heterocycles. The molecule has 17 heavy (non-hydrogen) atoms. The molecular weight excluding hydrogens is 282 g/mol. The molecule has 1 aromatic rings. The molecule has 0 spiro atoms. The van der Waals surface area contributed by atoms with Crippen LogP contribution < -0.4 is 15.8 Å². The molecule has 0 atom stereocenters. The van der Waals surface area contributed by atoms with Crippen LogP contribution in [0, 0.1) is 0 Å². The summed E-state index contributed by atoms with van der Waals surface area (Å²) in [6.45, 7) is 4.93. The van der Waals surface area contributed by atoms with Gasteiger partial charge in [-0.1, -0.05) is 18.5 Å². The standard InChI is InChI=1S/C11H17ClN2O.2ClH/c1-2-14-5-6-15-11-4-3-10(12)7-9(11)8-13;;/h3-4,7,14H,2,5-6,8,13H2,1H3;2*1H. The van der Waals surface area contributed by atoms with E-state index < -0.39 is 0 Å². The normalized spacial score (nSPS) is 9.12. The Labute approximate surface area is 120 Å². The van der Waals surface area contributed by atoms with Crippen LogP contribution in [0.2, 0.25) is 5.02 Å². The molecule has 0 aromatic heterocycles. The number of hydrogen-bond acceptors (Lipinski definition) is 3. The fourth-order valence-electron chi connectivity index (χ4n) is 1.26. The van der Waals surface area contributed by atoms with Crippen molar-refractivity contribution < 1.29 is 4.74 Å². The first-order chi connectivity index (χ1) is 7.27. The van der Waals surface area contributed by atoms with Crippen LogP contribution in [0.5, 0.6) is 5.75 Å². The van der Waals surface area contributed by atoms with Crippen molar-refractivity contribution in [3.8, 4) is 5.75 Å². The third kappa shape index (κ3) is 6.96. The zero-order valence-electron chi connectivity index (χ0n) is 9.74. The number of halogens is 3. The van der Waals surface area contributed by atoms with E-state index >= 15 is 0 Å². The summed E-state index contributed by atoms with van der Waals surface area (Å²) in [6.07, 6.45) is 0. The Morgan fingerprint density at radius 1 is 1.35 bits per heavy atom. The minimum atomic E-state index is 0. The lowest BCUT2D eigenvalue weighted by Crippen LogP contribution is -2.20. The van der Waals surface area contributed by atoms with Gasteiger partial charge in [0.15, 0.2) is 0 Å². The molecule has 0 aliphatic carbocycles. The summed E-state index contributed by atoms with van der Waals surface area (Å²) >= 11 is 5.86. The lowest BCUT2D eigenvalue weighted by Gasteiger charge is -2.10. The summed E-state index contributed by atoms with van der Waals surface area (Å²) in [5, 5.41) is 3.87. The van der Waals surface area contributed by atoms with Crippen LogP contribution in [-0.4, -0.2) is 19.7 Å². The van der Waals surface area contributed by atoms with Crippen molar-refractivity contribution in [3.63, 3.8) is 0 Å². The van der Waals surface area contributed by atoms with Crippen molar-refractivity contribution in [1.29, 1.82) is 0 Å². The first kappa shape index (κ1) is 19.2. The maximum Gasteiger partial charge on any atom is 0.123 e. The largest absolute Gasteiger partial charge is 0.492 e. The summed E-state index contributed by atoms with van der Waals surface area (Å²) in [4.78, 5) is 0. The van der Waals surface area contributed by atoms with E-state index in [2.05, 4.69) is 12.2 Å². The van der Waals surface area contributed by atoms with E-state index in [1.165, 1.54) is 0 Å².